The van der Waals surface area contributed by atoms with E-state index < -0.39 is 0 Å². The molecule has 2 aromatic rings. The van der Waals surface area contributed by atoms with Crippen molar-refractivity contribution in [2.24, 2.45) is 0 Å². The number of fused-ring (bicyclic) bond motifs is 1. The Morgan fingerprint density at radius 2 is 2.14 bits per heavy atom. The topological polar surface area (TPSA) is 17.3 Å². The molecule has 0 N–H and O–H groups in total. The van der Waals surface area contributed by atoms with Crippen LogP contribution in [0.1, 0.15) is 26.5 Å². The molecule has 0 spiro atoms. The van der Waals surface area contributed by atoms with E-state index in [1.165, 1.54) is 5.69 Å². The van der Waals surface area contributed by atoms with Gasteiger partial charge in [-0.1, -0.05) is 32.4 Å². The van der Waals surface area contributed by atoms with Crippen LogP contribution in [0.4, 0.5) is 0 Å². The van der Waals surface area contributed by atoms with Crippen molar-refractivity contribution in [2.75, 3.05) is 0 Å². The Labute approximate surface area is 89.5 Å². The fourth-order valence-corrected chi connectivity index (χ4v) is 1.42. The largest absolute Gasteiger partial charge is 0.304 e. The molecule has 0 saturated carbocycles. The zero-order valence-corrected chi connectivity index (χ0v) is 9.54. The molecule has 2 nitrogen and oxygen atoms in total. The Morgan fingerprint density at radius 1 is 1.43 bits per heavy atom. The third-order valence-electron chi connectivity index (χ3n) is 1.91. The summed E-state index contributed by atoms with van der Waals surface area (Å²) in [5, 5.41) is 0.732. The minimum absolute atomic E-state index is 0.732. The van der Waals surface area contributed by atoms with E-state index in [0.717, 1.165) is 17.1 Å². The maximum atomic E-state index is 5.82. The molecular formula is C11H15ClN2. The predicted molar refractivity (Wildman–Crippen MR) is 60.9 cm³/mol. The molecule has 0 atom stereocenters. The monoisotopic (exact) mass is 210 g/mol. The van der Waals surface area contributed by atoms with Crippen LogP contribution >= 0.6 is 11.6 Å². The van der Waals surface area contributed by atoms with Gasteiger partial charge in [-0.15, -0.1) is 0 Å². The van der Waals surface area contributed by atoms with Crippen molar-refractivity contribution in [3.63, 3.8) is 0 Å². The number of aryl methyl sites for hydroxylation is 1. The van der Waals surface area contributed by atoms with Crippen LogP contribution in [0.2, 0.25) is 5.02 Å². The molecule has 0 bridgehead atoms. The van der Waals surface area contributed by atoms with E-state index in [9.17, 15) is 0 Å². The summed E-state index contributed by atoms with van der Waals surface area (Å²) in [6.45, 7) is 6.11. The number of nitrogens with zero attached hydrogens (tertiary/aromatic N) is 2. The van der Waals surface area contributed by atoms with E-state index in [1.54, 1.807) is 0 Å². The number of hydrogen-bond acceptors (Lipinski definition) is 1. The molecule has 0 amide bonds. The molecule has 0 saturated heterocycles. The molecule has 0 fully saturated rings. The highest BCUT2D eigenvalue weighted by molar-refractivity contribution is 6.30. The Hall–Kier alpha value is -1.02. The summed E-state index contributed by atoms with van der Waals surface area (Å²) >= 11 is 5.82. The van der Waals surface area contributed by atoms with Gasteiger partial charge in [-0.2, -0.15) is 0 Å². The highest BCUT2D eigenvalue weighted by Crippen LogP contribution is 2.13. The van der Waals surface area contributed by atoms with E-state index in [0.29, 0.717) is 0 Å². The zero-order valence-electron chi connectivity index (χ0n) is 8.79. The van der Waals surface area contributed by atoms with Crippen molar-refractivity contribution < 1.29 is 0 Å². The molecule has 0 aliphatic heterocycles. The van der Waals surface area contributed by atoms with E-state index in [4.69, 9.17) is 11.6 Å². The normalized spacial score (nSPS) is 9.71. The van der Waals surface area contributed by atoms with E-state index in [1.807, 2.05) is 42.8 Å². The average molecular weight is 211 g/mol. The lowest BCUT2D eigenvalue weighted by Gasteiger charge is -1.97. The first-order chi connectivity index (χ1) is 6.81. The maximum Gasteiger partial charge on any atom is 0.138 e. The second-order valence-corrected chi connectivity index (χ2v) is 3.11. The molecule has 0 radical (unpaired) electrons. The first kappa shape index (κ1) is 11.1. The third-order valence-corrected chi connectivity index (χ3v) is 2.15. The van der Waals surface area contributed by atoms with Crippen molar-refractivity contribution in [3.8, 4) is 0 Å². The second-order valence-electron chi connectivity index (χ2n) is 2.68. The average Bonchev–Trinajstić information content (AvgIpc) is 2.62. The van der Waals surface area contributed by atoms with Crippen molar-refractivity contribution >= 4 is 17.2 Å². The summed E-state index contributed by atoms with van der Waals surface area (Å²) in [5.74, 6) is 0. The molecule has 2 heterocycles. The second kappa shape index (κ2) is 5.01. The number of halogens is 1. The highest BCUT2D eigenvalue weighted by atomic mass is 35.5. The van der Waals surface area contributed by atoms with E-state index in [-0.39, 0.29) is 0 Å². The van der Waals surface area contributed by atoms with E-state index >= 15 is 0 Å². The lowest BCUT2D eigenvalue weighted by molar-refractivity contribution is 0.995. The first-order valence-corrected chi connectivity index (χ1v) is 5.30. The maximum absolute atomic E-state index is 5.82. The summed E-state index contributed by atoms with van der Waals surface area (Å²) in [7, 11) is 0. The van der Waals surface area contributed by atoms with Crippen LogP contribution in [0.3, 0.4) is 0 Å². The molecule has 2 rings (SSSR count). The molecule has 0 aromatic carbocycles. The molecule has 76 valence electrons. The molecule has 14 heavy (non-hydrogen) atoms. The summed E-state index contributed by atoms with van der Waals surface area (Å²) in [6, 6.07) is 3.73. The molecule has 0 unspecified atom stereocenters. The molecule has 0 aliphatic rings. The van der Waals surface area contributed by atoms with Crippen molar-refractivity contribution in [1.82, 2.24) is 9.38 Å². The number of rotatable bonds is 1. The van der Waals surface area contributed by atoms with Gasteiger partial charge < -0.3 is 4.40 Å². The Morgan fingerprint density at radius 3 is 2.79 bits per heavy atom. The van der Waals surface area contributed by atoms with Gasteiger partial charge in [0.2, 0.25) is 0 Å². The zero-order chi connectivity index (χ0) is 10.6. The number of pyridine rings is 1. The van der Waals surface area contributed by atoms with Crippen LogP contribution < -0.4 is 0 Å². The van der Waals surface area contributed by atoms with E-state index in [2.05, 4.69) is 11.9 Å². The van der Waals surface area contributed by atoms with Gasteiger partial charge in [-0.25, -0.2) is 4.98 Å². The van der Waals surface area contributed by atoms with Crippen LogP contribution in [-0.2, 0) is 6.42 Å². The number of hydrogen-bond donors (Lipinski definition) is 0. The fraction of sp³-hybridized carbons (Fsp3) is 0.364. The number of aromatic nitrogens is 2. The molecule has 3 heteroatoms. The third kappa shape index (κ3) is 2.07. The Bertz CT molecular complexity index is 407. The smallest absolute Gasteiger partial charge is 0.138 e. The summed E-state index contributed by atoms with van der Waals surface area (Å²) in [5.41, 5.74) is 2.13. The summed E-state index contributed by atoms with van der Waals surface area (Å²) in [6.07, 6.45) is 4.82. The lowest BCUT2D eigenvalue weighted by atomic mass is 10.3. The first-order valence-electron chi connectivity index (χ1n) is 4.92. The minimum atomic E-state index is 0.732. The molecule has 2 aromatic heterocycles. The quantitative estimate of drug-likeness (QED) is 0.704. The predicted octanol–water partition coefficient (Wildman–Crippen LogP) is 3.58. The lowest BCUT2D eigenvalue weighted by Crippen LogP contribution is -1.88. The summed E-state index contributed by atoms with van der Waals surface area (Å²) in [4.78, 5) is 4.23. The Kier molecular flexibility index (Phi) is 3.96. The Balaban J connectivity index is 0.000000461. The van der Waals surface area contributed by atoms with Gasteiger partial charge >= 0.3 is 0 Å². The van der Waals surface area contributed by atoms with Gasteiger partial charge in [0.05, 0.1) is 0 Å². The van der Waals surface area contributed by atoms with Gasteiger partial charge in [-0.05, 0) is 18.6 Å². The standard InChI is InChI=1S/C9H9ClN2.C2H6/c1-2-8-6-11-9-5-7(10)3-4-12(8)9;1-2/h3-6H,2H2,1H3;1-2H3. The van der Waals surface area contributed by atoms with Crippen LogP contribution in [0.5, 0.6) is 0 Å². The molecule has 0 aliphatic carbocycles. The van der Waals surface area contributed by atoms with Crippen LogP contribution in [0.25, 0.3) is 5.65 Å². The van der Waals surface area contributed by atoms with Crippen LogP contribution in [-0.4, -0.2) is 9.38 Å². The minimum Gasteiger partial charge on any atom is -0.304 e. The van der Waals surface area contributed by atoms with Gasteiger partial charge in [0.25, 0.3) is 0 Å². The SMILES string of the molecule is CC.CCc1cnc2cc(Cl)ccn12. The van der Waals surface area contributed by atoms with Crippen LogP contribution in [0, 0.1) is 0 Å². The number of imidazole rings is 1. The highest BCUT2D eigenvalue weighted by Gasteiger charge is 1.99. The van der Waals surface area contributed by atoms with Gasteiger partial charge in [0.15, 0.2) is 0 Å². The fourth-order valence-electron chi connectivity index (χ4n) is 1.27. The van der Waals surface area contributed by atoms with Crippen LogP contribution in [0.15, 0.2) is 24.5 Å². The van der Waals surface area contributed by atoms with Gasteiger partial charge in [0, 0.05) is 23.1 Å². The molecular weight excluding hydrogens is 196 g/mol. The van der Waals surface area contributed by atoms with Crippen molar-refractivity contribution in [2.45, 2.75) is 27.2 Å². The summed E-state index contributed by atoms with van der Waals surface area (Å²) < 4.78 is 2.05. The van der Waals surface area contributed by atoms with Gasteiger partial charge in [-0.3, -0.25) is 0 Å². The van der Waals surface area contributed by atoms with Crippen molar-refractivity contribution in [1.29, 1.82) is 0 Å². The van der Waals surface area contributed by atoms with Crippen molar-refractivity contribution in [3.05, 3.63) is 35.2 Å². The van der Waals surface area contributed by atoms with Gasteiger partial charge in [0.1, 0.15) is 5.65 Å².